The Hall–Kier alpha value is -2.80. The number of benzene rings is 1. The molecule has 1 saturated heterocycles. The standard InChI is InChI=1S/C21H26N2O5/c1-13-14(2)18(26-3)8-7-15(13)11-23-12-16(10-17(23)21(25)27-4)22-20(24)19-6-5-9-28-19/h5-9,16-17H,10-12H2,1-4H3,(H,22,24)/t16-,17-/m0/s1. The maximum atomic E-state index is 12.3. The lowest BCUT2D eigenvalue weighted by Gasteiger charge is -2.24. The van der Waals surface area contributed by atoms with E-state index in [2.05, 4.69) is 5.32 Å². The van der Waals surface area contributed by atoms with Crippen molar-refractivity contribution < 1.29 is 23.5 Å². The number of carbonyl (C=O) groups is 2. The molecule has 0 radical (unpaired) electrons. The highest BCUT2D eigenvalue weighted by Gasteiger charge is 2.38. The van der Waals surface area contributed by atoms with Gasteiger partial charge < -0.3 is 19.2 Å². The first-order chi connectivity index (χ1) is 13.4. The number of furan rings is 1. The van der Waals surface area contributed by atoms with Gasteiger partial charge in [0.25, 0.3) is 5.91 Å². The Morgan fingerprint density at radius 2 is 2.00 bits per heavy atom. The summed E-state index contributed by atoms with van der Waals surface area (Å²) in [7, 11) is 3.04. The SMILES string of the molecule is COC(=O)[C@@H]1C[C@H](NC(=O)c2ccco2)CN1Cc1ccc(OC)c(C)c1C. The van der Waals surface area contributed by atoms with E-state index >= 15 is 0 Å². The van der Waals surface area contributed by atoms with Crippen molar-refractivity contribution in [2.75, 3.05) is 20.8 Å². The van der Waals surface area contributed by atoms with Crippen LogP contribution in [0.15, 0.2) is 34.9 Å². The number of methoxy groups -OCH3 is 2. The van der Waals surface area contributed by atoms with Crippen molar-refractivity contribution in [2.45, 2.75) is 38.9 Å². The largest absolute Gasteiger partial charge is 0.496 e. The smallest absolute Gasteiger partial charge is 0.323 e. The number of nitrogens with one attached hydrogen (secondary N) is 1. The Bertz CT molecular complexity index is 847. The molecule has 1 aliphatic rings. The highest BCUT2D eigenvalue weighted by molar-refractivity contribution is 5.91. The minimum atomic E-state index is -0.409. The van der Waals surface area contributed by atoms with Gasteiger partial charge in [0.05, 0.1) is 20.5 Å². The molecule has 1 aromatic carbocycles. The number of nitrogens with zero attached hydrogens (tertiary/aromatic N) is 1. The van der Waals surface area contributed by atoms with E-state index in [9.17, 15) is 9.59 Å². The quantitative estimate of drug-likeness (QED) is 0.768. The van der Waals surface area contributed by atoms with Crippen molar-refractivity contribution in [1.29, 1.82) is 0 Å². The molecule has 1 aromatic heterocycles. The number of ether oxygens (including phenoxy) is 2. The van der Waals surface area contributed by atoms with Gasteiger partial charge in [0.2, 0.25) is 0 Å². The van der Waals surface area contributed by atoms with E-state index in [0.717, 1.165) is 22.4 Å². The van der Waals surface area contributed by atoms with E-state index in [0.29, 0.717) is 19.5 Å². The lowest BCUT2D eigenvalue weighted by molar-refractivity contribution is -0.146. The third-order valence-electron chi connectivity index (χ3n) is 5.40. The van der Waals surface area contributed by atoms with Crippen molar-refractivity contribution in [3.05, 3.63) is 53.0 Å². The van der Waals surface area contributed by atoms with Gasteiger partial charge in [-0.2, -0.15) is 0 Å². The average molecular weight is 386 g/mol. The second-order valence-corrected chi connectivity index (χ2v) is 7.03. The molecule has 0 bridgehead atoms. The van der Waals surface area contributed by atoms with Crippen molar-refractivity contribution in [3.63, 3.8) is 0 Å². The van der Waals surface area contributed by atoms with Gasteiger partial charge in [0, 0.05) is 19.1 Å². The predicted octanol–water partition coefficient (Wildman–Crippen LogP) is 2.45. The molecule has 150 valence electrons. The van der Waals surface area contributed by atoms with Gasteiger partial charge in [-0.05, 0) is 55.2 Å². The van der Waals surface area contributed by atoms with Crippen molar-refractivity contribution in [1.82, 2.24) is 10.2 Å². The highest BCUT2D eigenvalue weighted by Crippen LogP contribution is 2.28. The molecule has 7 nitrogen and oxygen atoms in total. The molecule has 1 amide bonds. The zero-order chi connectivity index (χ0) is 20.3. The zero-order valence-electron chi connectivity index (χ0n) is 16.7. The molecule has 2 heterocycles. The van der Waals surface area contributed by atoms with E-state index in [4.69, 9.17) is 13.9 Å². The molecular formula is C21H26N2O5. The first-order valence-electron chi connectivity index (χ1n) is 9.24. The monoisotopic (exact) mass is 386 g/mol. The predicted molar refractivity (Wildman–Crippen MR) is 103 cm³/mol. The Labute approximate surface area is 164 Å². The van der Waals surface area contributed by atoms with Crippen LogP contribution >= 0.6 is 0 Å². The highest BCUT2D eigenvalue weighted by atomic mass is 16.5. The van der Waals surface area contributed by atoms with Crippen molar-refractivity contribution in [3.8, 4) is 5.75 Å². The molecule has 0 unspecified atom stereocenters. The second kappa shape index (κ2) is 8.48. The summed E-state index contributed by atoms with van der Waals surface area (Å²) < 4.78 is 15.5. The second-order valence-electron chi connectivity index (χ2n) is 7.03. The lowest BCUT2D eigenvalue weighted by Crippen LogP contribution is -2.37. The lowest BCUT2D eigenvalue weighted by atomic mass is 10.0. The van der Waals surface area contributed by atoms with Crippen LogP contribution in [0.25, 0.3) is 0 Å². The number of hydrogen-bond acceptors (Lipinski definition) is 6. The number of esters is 1. The summed E-state index contributed by atoms with van der Waals surface area (Å²) in [6, 6.07) is 6.67. The van der Waals surface area contributed by atoms with E-state index in [1.165, 1.54) is 13.4 Å². The van der Waals surface area contributed by atoms with E-state index < -0.39 is 6.04 Å². The van der Waals surface area contributed by atoms with Crippen LogP contribution in [0.4, 0.5) is 0 Å². The van der Waals surface area contributed by atoms with Crippen LogP contribution in [0.1, 0.15) is 33.7 Å². The molecule has 0 spiro atoms. The van der Waals surface area contributed by atoms with Gasteiger partial charge in [-0.25, -0.2) is 0 Å². The fourth-order valence-electron chi connectivity index (χ4n) is 3.69. The molecule has 2 aromatic rings. The molecule has 3 rings (SSSR count). The maximum Gasteiger partial charge on any atom is 0.323 e. The van der Waals surface area contributed by atoms with E-state index in [1.54, 1.807) is 19.2 Å². The molecule has 1 aliphatic heterocycles. The van der Waals surface area contributed by atoms with Crippen LogP contribution in [0, 0.1) is 13.8 Å². The summed E-state index contributed by atoms with van der Waals surface area (Å²) in [6.45, 7) is 5.21. The fourth-order valence-corrected chi connectivity index (χ4v) is 3.69. The molecule has 7 heteroatoms. The maximum absolute atomic E-state index is 12.3. The first kappa shape index (κ1) is 19.9. The van der Waals surface area contributed by atoms with Crippen LogP contribution in [0.3, 0.4) is 0 Å². The molecule has 28 heavy (non-hydrogen) atoms. The zero-order valence-corrected chi connectivity index (χ0v) is 16.7. The van der Waals surface area contributed by atoms with Gasteiger partial charge in [-0.15, -0.1) is 0 Å². The van der Waals surface area contributed by atoms with Crippen LogP contribution in [0.5, 0.6) is 5.75 Å². The molecular weight excluding hydrogens is 360 g/mol. The van der Waals surface area contributed by atoms with Crippen molar-refractivity contribution >= 4 is 11.9 Å². The van der Waals surface area contributed by atoms with Crippen LogP contribution in [-0.2, 0) is 16.1 Å². The Morgan fingerprint density at radius 1 is 1.21 bits per heavy atom. The van der Waals surface area contributed by atoms with Gasteiger partial charge in [0.15, 0.2) is 5.76 Å². The number of likely N-dealkylation sites (tertiary alicyclic amines) is 1. The summed E-state index contributed by atoms with van der Waals surface area (Å²) in [5, 5.41) is 2.95. The van der Waals surface area contributed by atoms with Gasteiger partial charge in [-0.3, -0.25) is 14.5 Å². The molecule has 0 aliphatic carbocycles. The van der Waals surface area contributed by atoms with Crippen molar-refractivity contribution in [2.24, 2.45) is 0 Å². The first-order valence-corrected chi connectivity index (χ1v) is 9.24. The summed E-state index contributed by atoms with van der Waals surface area (Å²) in [5.74, 6) is 0.528. The van der Waals surface area contributed by atoms with E-state index in [-0.39, 0.29) is 23.7 Å². The fraction of sp³-hybridized carbons (Fsp3) is 0.429. The summed E-state index contributed by atoms with van der Waals surface area (Å²) in [4.78, 5) is 26.6. The molecule has 0 saturated carbocycles. The summed E-state index contributed by atoms with van der Waals surface area (Å²) in [6.07, 6.45) is 1.95. The average Bonchev–Trinajstić information content (AvgIpc) is 3.35. The van der Waals surface area contributed by atoms with Gasteiger partial charge in [0.1, 0.15) is 11.8 Å². The summed E-state index contributed by atoms with van der Waals surface area (Å²) >= 11 is 0. The van der Waals surface area contributed by atoms with Gasteiger partial charge in [-0.1, -0.05) is 6.07 Å². The Balaban J connectivity index is 1.75. The number of hydrogen-bond donors (Lipinski definition) is 1. The topological polar surface area (TPSA) is 81.0 Å². The minimum Gasteiger partial charge on any atom is -0.496 e. The third kappa shape index (κ3) is 4.04. The van der Waals surface area contributed by atoms with Crippen LogP contribution < -0.4 is 10.1 Å². The molecule has 1 N–H and O–H groups in total. The number of rotatable bonds is 6. The summed E-state index contributed by atoms with van der Waals surface area (Å²) in [5.41, 5.74) is 3.33. The number of amides is 1. The Morgan fingerprint density at radius 3 is 2.64 bits per heavy atom. The van der Waals surface area contributed by atoms with E-state index in [1.807, 2.05) is 30.9 Å². The normalized spacial score (nSPS) is 19.4. The Kier molecular flexibility index (Phi) is 6.04. The van der Waals surface area contributed by atoms with Gasteiger partial charge >= 0.3 is 5.97 Å². The van der Waals surface area contributed by atoms with Crippen LogP contribution in [0.2, 0.25) is 0 Å². The molecule has 2 atom stereocenters. The van der Waals surface area contributed by atoms with Crippen LogP contribution in [-0.4, -0.2) is 49.6 Å². The minimum absolute atomic E-state index is 0.165. The number of carbonyl (C=O) groups excluding carboxylic acids is 2. The molecule has 1 fully saturated rings. The third-order valence-corrected chi connectivity index (χ3v) is 5.40.